The highest BCUT2D eigenvalue weighted by Gasteiger charge is 2.32. The maximum Gasteiger partial charge on any atom is 0.266 e. The van der Waals surface area contributed by atoms with Crippen LogP contribution in [0.3, 0.4) is 0 Å². The summed E-state index contributed by atoms with van der Waals surface area (Å²) in [4.78, 5) is 13.3. The summed E-state index contributed by atoms with van der Waals surface area (Å²) < 4.78 is 28.9. The lowest BCUT2D eigenvalue weighted by molar-refractivity contribution is 0.0952. The molecule has 1 heterocycles. The van der Waals surface area contributed by atoms with Gasteiger partial charge in [0.25, 0.3) is 15.9 Å². The number of hydrogen-bond donors (Lipinski definition) is 1. The summed E-state index contributed by atoms with van der Waals surface area (Å²) in [5.41, 5.74) is 3.76. The van der Waals surface area contributed by atoms with E-state index in [9.17, 15) is 13.2 Å². The van der Waals surface area contributed by atoms with E-state index in [-0.39, 0.29) is 9.77 Å². The van der Waals surface area contributed by atoms with Crippen molar-refractivity contribution in [1.82, 2.24) is 5.32 Å². The van der Waals surface area contributed by atoms with E-state index in [1.54, 1.807) is 17.5 Å². The smallest absolute Gasteiger partial charge is 0.266 e. The molecule has 4 aromatic rings. The molecule has 0 aliphatic rings. The molecule has 0 atom stereocenters. The van der Waals surface area contributed by atoms with Crippen LogP contribution in [0.2, 0.25) is 0 Å². The fourth-order valence-corrected chi connectivity index (χ4v) is 6.34. The largest absolute Gasteiger partial charge is 0.347 e. The average molecular weight is 477 g/mol. The van der Waals surface area contributed by atoms with Gasteiger partial charge in [-0.2, -0.15) is 0 Å². The number of benzene rings is 3. The van der Waals surface area contributed by atoms with Crippen molar-refractivity contribution in [2.24, 2.45) is 0 Å². The molecule has 0 saturated heterocycles. The lowest BCUT2D eigenvalue weighted by Gasteiger charge is -2.21. The molecule has 0 saturated carbocycles. The van der Waals surface area contributed by atoms with Crippen molar-refractivity contribution in [3.8, 4) is 11.1 Å². The zero-order valence-corrected chi connectivity index (χ0v) is 20.0. The van der Waals surface area contributed by atoms with Crippen LogP contribution in [0.4, 0.5) is 5.69 Å². The third kappa shape index (κ3) is 4.84. The summed E-state index contributed by atoms with van der Waals surface area (Å²) in [6, 6.07) is 26.0. The van der Waals surface area contributed by atoms with Gasteiger partial charge in [0.15, 0.2) is 0 Å². The molecule has 5 nitrogen and oxygen atoms in total. The number of carbonyl (C=O) groups excluding carboxylic acids is 1. The highest BCUT2D eigenvalue weighted by atomic mass is 32.2. The molecule has 0 unspecified atom stereocenters. The first-order chi connectivity index (χ1) is 15.9. The van der Waals surface area contributed by atoms with Crippen molar-refractivity contribution < 1.29 is 13.2 Å². The van der Waals surface area contributed by atoms with Crippen molar-refractivity contribution in [2.75, 3.05) is 11.4 Å². The number of carbonyl (C=O) groups is 1. The molecule has 0 spiro atoms. The van der Waals surface area contributed by atoms with Crippen LogP contribution in [0, 0.1) is 6.92 Å². The Morgan fingerprint density at radius 2 is 1.52 bits per heavy atom. The SMILES string of the molecule is Cc1ccc(N(C)S(=O)(=O)c2c(-c3ccccc3)csc2C(=O)NCc2ccccc2)cc1. The summed E-state index contributed by atoms with van der Waals surface area (Å²) >= 11 is 1.14. The van der Waals surface area contributed by atoms with Crippen LogP contribution in [-0.2, 0) is 16.6 Å². The molecule has 0 radical (unpaired) electrons. The molecule has 0 aliphatic carbocycles. The highest BCUT2D eigenvalue weighted by Crippen LogP contribution is 2.38. The van der Waals surface area contributed by atoms with Crippen LogP contribution in [0.25, 0.3) is 11.1 Å². The van der Waals surface area contributed by atoms with E-state index in [1.165, 1.54) is 11.4 Å². The van der Waals surface area contributed by atoms with E-state index in [0.717, 1.165) is 28.0 Å². The second kappa shape index (κ2) is 9.60. The first-order valence-electron chi connectivity index (χ1n) is 10.4. The Balaban J connectivity index is 1.76. The molecule has 168 valence electrons. The van der Waals surface area contributed by atoms with Gasteiger partial charge < -0.3 is 5.32 Å². The highest BCUT2D eigenvalue weighted by molar-refractivity contribution is 7.93. The molecule has 33 heavy (non-hydrogen) atoms. The molecule has 4 rings (SSSR count). The van der Waals surface area contributed by atoms with Crippen LogP contribution < -0.4 is 9.62 Å². The van der Waals surface area contributed by atoms with Gasteiger partial charge >= 0.3 is 0 Å². The van der Waals surface area contributed by atoms with Crippen molar-refractivity contribution in [2.45, 2.75) is 18.4 Å². The van der Waals surface area contributed by atoms with Gasteiger partial charge in [0.1, 0.15) is 9.77 Å². The Kier molecular flexibility index (Phi) is 6.62. The Morgan fingerprint density at radius 1 is 0.909 bits per heavy atom. The number of aryl methyl sites for hydroxylation is 1. The molecular weight excluding hydrogens is 452 g/mol. The van der Waals surface area contributed by atoms with Gasteiger partial charge in [-0.05, 0) is 30.2 Å². The van der Waals surface area contributed by atoms with E-state index < -0.39 is 15.9 Å². The Morgan fingerprint density at radius 3 is 2.15 bits per heavy atom. The number of anilines is 1. The second-order valence-electron chi connectivity index (χ2n) is 7.65. The summed E-state index contributed by atoms with van der Waals surface area (Å²) in [5, 5.41) is 4.61. The summed E-state index contributed by atoms with van der Waals surface area (Å²) in [6.07, 6.45) is 0. The van der Waals surface area contributed by atoms with Crippen molar-refractivity contribution in [3.05, 3.63) is 106 Å². The zero-order chi connectivity index (χ0) is 23.4. The second-order valence-corrected chi connectivity index (χ2v) is 10.4. The molecule has 7 heteroatoms. The molecule has 1 N–H and O–H groups in total. The maximum absolute atomic E-state index is 13.8. The van der Waals surface area contributed by atoms with Gasteiger partial charge in [0.2, 0.25) is 0 Å². The summed E-state index contributed by atoms with van der Waals surface area (Å²) in [6.45, 7) is 2.26. The van der Waals surface area contributed by atoms with E-state index in [0.29, 0.717) is 17.8 Å². The fourth-order valence-electron chi connectivity index (χ4n) is 3.47. The van der Waals surface area contributed by atoms with Crippen LogP contribution in [0.15, 0.2) is 95.2 Å². The Bertz CT molecular complexity index is 1350. The predicted molar refractivity (Wildman–Crippen MR) is 134 cm³/mol. The zero-order valence-electron chi connectivity index (χ0n) is 18.4. The lowest BCUT2D eigenvalue weighted by Crippen LogP contribution is -2.30. The van der Waals surface area contributed by atoms with Crippen LogP contribution in [0.5, 0.6) is 0 Å². The van der Waals surface area contributed by atoms with Crippen molar-refractivity contribution in [1.29, 1.82) is 0 Å². The third-order valence-corrected chi connectivity index (χ3v) is 8.33. The van der Waals surface area contributed by atoms with Gasteiger partial charge in [-0.3, -0.25) is 9.10 Å². The minimum Gasteiger partial charge on any atom is -0.347 e. The molecule has 0 aliphatic heterocycles. The van der Waals surface area contributed by atoms with Crippen LogP contribution in [-0.4, -0.2) is 21.4 Å². The van der Waals surface area contributed by atoms with E-state index in [2.05, 4.69) is 5.32 Å². The Hall–Kier alpha value is -3.42. The van der Waals surface area contributed by atoms with Gasteiger partial charge in [-0.15, -0.1) is 11.3 Å². The van der Waals surface area contributed by atoms with Crippen LogP contribution >= 0.6 is 11.3 Å². The molecular formula is C26H24N2O3S2. The first-order valence-corrected chi connectivity index (χ1v) is 12.7. The van der Waals surface area contributed by atoms with Crippen molar-refractivity contribution in [3.63, 3.8) is 0 Å². The molecule has 0 bridgehead atoms. The number of nitrogens with zero attached hydrogens (tertiary/aromatic N) is 1. The Labute approximate surface area is 198 Å². The molecule has 3 aromatic carbocycles. The van der Waals surface area contributed by atoms with Gasteiger partial charge in [-0.25, -0.2) is 8.42 Å². The molecule has 1 aromatic heterocycles. The number of thiophene rings is 1. The van der Waals surface area contributed by atoms with E-state index >= 15 is 0 Å². The maximum atomic E-state index is 13.8. The van der Waals surface area contributed by atoms with Crippen LogP contribution in [0.1, 0.15) is 20.8 Å². The van der Waals surface area contributed by atoms with Gasteiger partial charge in [0.05, 0.1) is 5.69 Å². The molecule has 0 fully saturated rings. The standard InChI is InChI=1S/C26H24N2O3S2/c1-19-13-15-22(16-14-19)28(2)33(30,31)25-23(21-11-7-4-8-12-21)18-32-24(25)26(29)27-17-20-9-5-3-6-10-20/h3-16,18H,17H2,1-2H3,(H,27,29). The quantitative estimate of drug-likeness (QED) is 0.384. The summed E-state index contributed by atoms with van der Waals surface area (Å²) in [7, 11) is -2.50. The first kappa shape index (κ1) is 22.8. The normalized spacial score (nSPS) is 11.2. The fraction of sp³-hybridized carbons (Fsp3) is 0.115. The number of amides is 1. The molecule has 1 amide bonds. The number of hydrogen-bond acceptors (Lipinski definition) is 4. The topological polar surface area (TPSA) is 66.5 Å². The van der Waals surface area contributed by atoms with Crippen molar-refractivity contribution >= 4 is 33.0 Å². The van der Waals surface area contributed by atoms with E-state index in [1.807, 2.05) is 79.7 Å². The third-order valence-electron chi connectivity index (χ3n) is 5.35. The summed E-state index contributed by atoms with van der Waals surface area (Å²) in [5.74, 6) is -0.415. The number of sulfonamides is 1. The van der Waals surface area contributed by atoms with E-state index in [4.69, 9.17) is 0 Å². The minimum absolute atomic E-state index is 0.0207. The lowest BCUT2D eigenvalue weighted by atomic mass is 10.1. The monoisotopic (exact) mass is 476 g/mol. The number of rotatable bonds is 7. The van der Waals surface area contributed by atoms with Gasteiger partial charge in [-0.1, -0.05) is 78.4 Å². The van der Waals surface area contributed by atoms with Gasteiger partial charge in [0, 0.05) is 24.5 Å². The average Bonchev–Trinajstić information content (AvgIpc) is 3.30. The predicted octanol–water partition coefficient (Wildman–Crippen LogP) is 5.48. The number of nitrogens with one attached hydrogen (secondary N) is 1. The minimum atomic E-state index is -4.02.